The number of hydrogen-bond donors (Lipinski definition) is 2. The van der Waals surface area contributed by atoms with Gasteiger partial charge in [0.15, 0.2) is 0 Å². The van der Waals surface area contributed by atoms with E-state index in [0.29, 0.717) is 16.4 Å². The van der Waals surface area contributed by atoms with E-state index in [9.17, 15) is 4.79 Å². The van der Waals surface area contributed by atoms with Crippen LogP contribution in [0.2, 0.25) is 0 Å². The molecule has 1 rings (SSSR count). The van der Waals surface area contributed by atoms with Crippen LogP contribution in [0.3, 0.4) is 0 Å². The first-order valence-corrected chi connectivity index (χ1v) is 7.43. The molecule has 18 heavy (non-hydrogen) atoms. The molecule has 4 heteroatoms. The van der Waals surface area contributed by atoms with Gasteiger partial charge >= 0.3 is 0 Å². The summed E-state index contributed by atoms with van der Waals surface area (Å²) in [6.45, 7) is 6.42. The molecule has 1 atom stereocenters. The van der Waals surface area contributed by atoms with Gasteiger partial charge < -0.3 is 5.32 Å². The lowest BCUT2D eigenvalue weighted by Gasteiger charge is -2.15. The van der Waals surface area contributed by atoms with Gasteiger partial charge in [0.25, 0.3) is 5.91 Å². The van der Waals surface area contributed by atoms with Crippen molar-refractivity contribution in [2.24, 2.45) is 5.92 Å². The first-order chi connectivity index (χ1) is 8.40. The molecule has 100 valence electrons. The zero-order valence-corrected chi connectivity index (χ0v) is 13.5. The quantitative estimate of drug-likeness (QED) is 0.775. The summed E-state index contributed by atoms with van der Waals surface area (Å²) in [7, 11) is 0. The van der Waals surface area contributed by atoms with E-state index in [1.807, 2.05) is 19.1 Å². The number of nitrogens with one attached hydrogen (secondary N) is 1. The summed E-state index contributed by atoms with van der Waals surface area (Å²) in [5, 5.41) is 3.01. The molecule has 1 N–H and O–H groups in total. The summed E-state index contributed by atoms with van der Waals surface area (Å²) in [5.41, 5.74) is 0.623. The molecule has 1 unspecified atom stereocenters. The summed E-state index contributed by atoms with van der Waals surface area (Å²) in [6, 6.07) is 5.66. The first kappa shape index (κ1) is 15.6. The van der Waals surface area contributed by atoms with Crippen LogP contribution in [-0.2, 0) is 0 Å². The molecule has 0 aromatic heterocycles. The fourth-order valence-corrected chi connectivity index (χ4v) is 2.51. The Morgan fingerprint density at radius 2 is 2.00 bits per heavy atom. The van der Waals surface area contributed by atoms with E-state index in [1.54, 1.807) is 6.07 Å². The number of hydrogen-bond acceptors (Lipinski definition) is 2. The molecule has 0 spiro atoms. The van der Waals surface area contributed by atoms with Gasteiger partial charge in [0, 0.05) is 15.4 Å². The van der Waals surface area contributed by atoms with E-state index in [1.165, 1.54) is 0 Å². The smallest absolute Gasteiger partial charge is 0.252 e. The van der Waals surface area contributed by atoms with Crippen LogP contribution in [0.15, 0.2) is 27.6 Å². The SMILES string of the molecule is CC(C)CCC(C)NC(=O)c1ccc(Br)cc1S. The van der Waals surface area contributed by atoms with Crippen molar-refractivity contribution in [1.29, 1.82) is 0 Å². The minimum atomic E-state index is -0.0521. The van der Waals surface area contributed by atoms with Gasteiger partial charge in [-0.1, -0.05) is 29.8 Å². The molecule has 0 radical (unpaired) electrons. The third-order valence-electron chi connectivity index (χ3n) is 2.76. The van der Waals surface area contributed by atoms with Gasteiger partial charge in [-0.25, -0.2) is 0 Å². The summed E-state index contributed by atoms with van der Waals surface area (Å²) >= 11 is 7.68. The van der Waals surface area contributed by atoms with Crippen LogP contribution >= 0.6 is 28.6 Å². The molecule has 0 saturated heterocycles. The normalized spacial score (nSPS) is 12.6. The molecule has 1 amide bonds. The summed E-state index contributed by atoms with van der Waals surface area (Å²) < 4.78 is 0.928. The maximum Gasteiger partial charge on any atom is 0.252 e. The Hall–Kier alpha value is -0.480. The highest BCUT2D eigenvalue weighted by atomic mass is 79.9. The largest absolute Gasteiger partial charge is 0.350 e. The van der Waals surface area contributed by atoms with Crippen LogP contribution in [0.1, 0.15) is 44.0 Å². The molecule has 2 nitrogen and oxygen atoms in total. The van der Waals surface area contributed by atoms with Crippen LogP contribution < -0.4 is 5.32 Å². The summed E-state index contributed by atoms with van der Waals surface area (Å²) in [6.07, 6.45) is 2.12. The second-order valence-corrected chi connectivity index (χ2v) is 6.40. The van der Waals surface area contributed by atoms with Crippen molar-refractivity contribution in [3.05, 3.63) is 28.2 Å². The van der Waals surface area contributed by atoms with Crippen molar-refractivity contribution in [1.82, 2.24) is 5.32 Å². The van der Waals surface area contributed by atoms with Crippen LogP contribution in [-0.4, -0.2) is 11.9 Å². The molecule has 0 heterocycles. The number of amides is 1. The Balaban J connectivity index is 2.59. The molecule has 1 aromatic carbocycles. The maximum atomic E-state index is 12.1. The van der Waals surface area contributed by atoms with Crippen molar-refractivity contribution in [3.63, 3.8) is 0 Å². The second-order valence-electron chi connectivity index (χ2n) is 5.01. The highest BCUT2D eigenvalue weighted by Crippen LogP contribution is 2.20. The van der Waals surface area contributed by atoms with Gasteiger partial charge in [0.1, 0.15) is 0 Å². The molecule has 0 aliphatic heterocycles. The average Bonchev–Trinajstić information content (AvgIpc) is 2.26. The number of thiol groups is 1. The monoisotopic (exact) mass is 329 g/mol. The average molecular weight is 330 g/mol. The number of carbonyl (C=O) groups is 1. The minimum absolute atomic E-state index is 0.0521. The molecule has 0 bridgehead atoms. The fraction of sp³-hybridized carbons (Fsp3) is 0.500. The third kappa shape index (κ3) is 5.02. The predicted molar refractivity (Wildman–Crippen MR) is 82.4 cm³/mol. The van der Waals surface area contributed by atoms with E-state index in [4.69, 9.17) is 0 Å². The number of benzene rings is 1. The highest BCUT2D eigenvalue weighted by molar-refractivity contribution is 9.10. The molecular formula is C14H20BrNOS. The Morgan fingerprint density at radius 1 is 1.33 bits per heavy atom. The van der Waals surface area contributed by atoms with E-state index < -0.39 is 0 Å². The Bertz CT molecular complexity index is 420. The van der Waals surface area contributed by atoms with Crippen LogP contribution in [0.5, 0.6) is 0 Å². The van der Waals surface area contributed by atoms with Crippen LogP contribution in [0.4, 0.5) is 0 Å². The lowest BCUT2D eigenvalue weighted by molar-refractivity contribution is 0.0934. The summed E-state index contributed by atoms with van der Waals surface area (Å²) in [4.78, 5) is 12.7. The Morgan fingerprint density at radius 3 is 2.56 bits per heavy atom. The molecule has 0 saturated carbocycles. The molecule has 0 aliphatic carbocycles. The zero-order chi connectivity index (χ0) is 13.7. The molecule has 0 fully saturated rings. The third-order valence-corrected chi connectivity index (χ3v) is 3.62. The van der Waals surface area contributed by atoms with E-state index in [2.05, 4.69) is 47.7 Å². The first-order valence-electron chi connectivity index (χ1n) is 6.19. The minimum Gasteiger partial charge on any atom is -0.350 e. The van der Waals surface area contributed by atoms with Crippen molar-refractivity contribution in [2.45, 2.75) is 44.6 Å². The van der Waals surface area contributed by atoms with E-state index in [0.717, 1.165) is 17.3 Å². The topological polar surface area (TPSA) is 29.1 Å². The number of halogens is 1. The summed E-state index contributed by atoms with van der Waals surface area (Å²) in [5.74, 6) is 0.612. The van der Waals surface area contributed by atoms with E-state index in [-0.39, 0.29) is 11.9 Å². The van der Waals surface area contributed by atoms with Gasteiger partial charge in [0.2, 0.25) is 0 Å². The van der Waals surface area contributed by atoms with Gasteiger partial charge in [-0.15, -0.1) is 12.6 Å². The van der Waals surface area contributed by atoms with Crippen molar-refractivity contribution < 1.29 is 4.79 Å². The van der Waals surface area contributed by atoms with Crippen molar-refractivity contribution in [3.8, 4) is 0 Å². The van der Waals surface area contributed by atoms with E-state index >= 15 is 0 Å². The van der Waals surface area contributed by atoms with Gasteiger partial charge in [-0.2, -0.15) is 0 Å². The maximum absolute atomic E-state index is 12.1. The molecule has 0 aliphatic rings. The predicted octanol–water partition coefficient (Wildman–Crippen LogP) is 4.29. The molecule has 1 aromatic rings. The fourth-order valence-electron chi connectivity index (χ4n) is 1.65. The molecular weight excluding hydrogens is 310 g/mol. The zero-order valence-electron chi connectivity index (χ0n) is 11.0. The number of rotatable bonds is 5. The lowest BCUT2D eigenvalue weighted by atomic mass is 10.0. The standard InChI is InChI=1S/C14H20BrNOS/c1-9(2)4-5-10(3)16-14(17)12-7-6-11(15)8-13(12)18/h6-10,18H,4-5H2,1-3H3,(H,16,17). The van der Waals surface area contributed by atoms with Gasteiger partial charge in [0.05, 0.1) is 5.56 Å². The highest BCUT2D eigenvalue weighted by Gasteiger charge is 2.12. The van der Waals surface area contributed by atoms with Crippen molar-refractivity contribution >= 4 is 34.5 Å². The second kappa shape index (κ2) is 7.19. The lowest BCUT2D eigenvalue weighted by Crippen LogP contribution is -2.33. The van der Waals surface area contributed by atoms with Crippen molar-refractivity contribution in [2.75, 3.05) is 0 Å². The van der Waals surface area contributed by atoms with Crippen LogP contribution in [0, 0.1) is 5.92 Å². The van der Waals surface area contributed by atoms with Crippen LogP contribution in [0.25, 0.3) is 0 Å². The Labute approximate surface area is 123 Å². The number of carbonyl (C=O) groups excluding carboxylic acids is 1. The van der Waals surface area contributed by atoms with Gasteiger partial charge in [-0.05, 0) is 43.9 Å². The Kier molecular flexibility index (Phi) is 6.22. The van der Waals surface area contributed by atoms with Gasteiger partial charge in [-0.3, -0.25) is 4.79 Å².